The maximum Gasteiger partial charge on any atom is 0.0935 e. The maximum atomic E-state index is 11.7. The van der Waals surface area contributed by atoms with Gasteiger partial charge in [0.05, 0.1) is 12.4 Å². The van der Waals surface area contributed by atoms with Crippen LogP contribution in [0, 0.1) is 0 Å². The minimum atomic E-state index is -0.356. The van der Waals surface area contributed by atoms with Gasteiger partial charge in [0, 0.05) is 18.8 Å². The number of aryl methyl sites for hydroxylation is 1. The first kappa shape index (κ1) is 6.99. The van der Waals surface area contributed by atoms with Gasteiger partial charge in [-0.2, -0.15) is 0 Å². The largest absolute Gasteiger partial charge is 0.397 e. The second kappa shape index (κ2) is 3.15. The normalized spacial score (nSPS) is 9.70. The molecule has 0 radical (unpaired) electrons. The Kier molecular flexibility index (Phi) is 2.20. The number of hydrogen-bond acceptors (Lipinski definition) is 2. The van der Waals surface area contributed by atoms with Crippen molar-refractivity contribution in [1.29, 1.82) is 0 Å². The minimum Gasteiger partial charge on any atom is -0.397 e. The molecule has 1 aromatic rings. The predicted octanol–water partition coefficient (Wildman–Crippen LogP) is 1.18. The van der Waals surface area contributed by atoms with Crippen molar-refractivity contribution in [3.8, 4) is 0 Å². The fourth-order valence-corrected chi connectivity index (χ4v) is 0.754. The SMILES string of the molecule is Nc1cncc(CCF)c1. The Hall–Kier alpha value is -1.12. The summed E-state index contributed by atoms with van der Waals surface area (Å²) in [4.78, 5) is 3.81. The van der Waals surface area contributed by atoms with E-state index in [2.05, 4.69) is 4.98 Å². The molecule has 2 nitrogen and oxygen atoms in total. The van der Waals surface area contributed by atoms with Gasteiger partial charge < -0.3 is 5.73 Å². The van der Waals surface area contributed by atoms with Crippen LogP contribution in [0.1, 0.15) is 5.56 Å². The number of nitrogen functional groups attached to an aromatic ring is 1. The van der Waals surface area contributed by atoms with Crippen molar-refractivity contribution in [3.63, 3.8) is 0 Å². The zero-order valence-electron chi connectivity index (χ0n) is 5.55. The fraction of sp³-hybridized carbons (Fsp3) is 0.286. The Morgan fingerprint density at radius 3 is 2.90 bits per heavy atom. The van der Waals surface area contributed by atoms with Crippen LogP contribution in [0.4, 0.5) is 10.1 Å². The molecule has 54 valence electrons. The third-order valence-electron chi connectivity index (χ3n) is 1.20. The van der Waals surface area contributed by atoms with Crippen LogP contribution in [0.25, 0.3) is 0 Å². The molecule has 0 fully saturated rings. The van der Waals surface area contributed by atoms with Gasteiger partial charge in [0.25, 0.3) is 0 Å². The third kappa shape index (κ3) is 1.69. The minimum absolute atomic E-state index is 0.356. The Morgan fingerprint density at radius 1 is 1.50 bits per heavy atom. The quantitative estimate of drug-likeness (QED) is 0.669. The van der Waals surface area contributed by atoms with Crippen molar-refractivity contribution in [2.24, 2.45) is 0 Å². The van der Waals surface area contributed by atoms with Gasteiger partial charge in [-0.3, -0.25) is 9.37 Å². The summed E-state index contributed by atoms with van der Waals surface area (Å²) in [6.07, 6.45) is 3.57. The van der Waals surface area contributed by atoms with Gasteiger partial charge >= 0.3 is 0 Å². The smallest absolute Gasteiger partial charge is 0.0935 e. The van der Waals surface area contributed by atoms with Crippen LogP contribution >= 0.6 is 0 Å². The summed E-state index contributed by atoms with van der Waals surface area (Å²) in [5.74, 6) is 0. The van der Waals surface area contributed by atoms with E-state index in [4.69, 9.17) is 5.73 Å². The van der Waals surface area contributed by atoms with E-state index in [0.29, 0.717) is 12.1 Å². The van der Waals surface area contributed by atoms with E-state index >= 15 is 0 Å². The second-order valence-electron chi connectivity index (χ2n) is 2.07. The number of alkyl halides is 1. The van der Waals surface area contributed by atoms with Crippen LogP contribution in [0.2, 0.25) is 0 Å². The van der Waals surface area contributed by atoms with Crippen molar-refractivity contribution in [2.45, 2.75) is 6.42 Å². The van der Waals surface area contributed by atoms with E-state index in [1.54, 1.807) is 18.5 Å². The average Bonchev–Trinajstić information content (AvgIpc) is 1.88. The van der Waals surface area contributed by atoms with Crippen molar-refractivity contribution in [3.05, 3.63) is 24.0 Å². The van der Waals surface area contributed by atoms with E-state index in [1.165, 1.54) is 0 Å². The molecule has 0 aliphatic rings. The van der Waals surface area contributed by atoms with Crippen LogP contribution in [0.3, 0.4) is 0 Å². The highest BCUT2D eigenvalue weighted by Crippen LogP contribution is 2.03. The van der Waals surface area contributed by atoms with Crippen LogP contribution < -0.4 is 5.73 Å². The number of rotatable bonds is 2. The van der Waals surface area contributed by atoms with Gasteiger partial charge in [0.15, 0.2) is 0 Å². The van der Waals surface area contributed by atoms with Gasteiger partial charge in [-0.25, -0.2) is 0 Å². The molecule has 0 atom stereocenters. The summed E-state index contributed by atoms with van der Waals surface area (Å²) in [7, 11) is 0. The van der Waals surface area contributed by atoms with Crippen molar-refractivity contribution < 1.29 is 4.39 Å². The summed E-state index contributed by atoms with van der Waals surface area (Å²) in [5, 5.41) is 0. The highest BCUT2D eigenvalue weighted by Gasteiger charge is 1.91. The van der Waals surface area contributed by atoms with Gasteiger partial charge in [-0.15, -0.1) is 0 Å². The average molecular weight is 140 g/mol. The Morgan fingerprint density at radius 2 is 2.30 bits per heavy atom. The molecule has 0 aliphatic carbocycles. The topological polar surface area (TPSA) is 38.9 Å². The number of nitrogens with two attached hydrogens (primary N) is 1. The van der Waals surface area contributed by atoms with Crippen molar-refractivity contribution >= 4 is 5.69 Å². The molecule has 1 aromatic heterocycles. The molecule has 1 rings (SSSR count). The van der Waals surface area contributed by atoms with E-state index < -0.39 is 0 Å². The fourth-order valence-electron chi connectivity index (χ4n) is 0.754. The van der Waals surface area contributed by atoms with Crippen LogP contribution in [0.5, 0.6) is 0 Å². The molecule has 0 spiro atoms. The van der Waals surface area contributed by atoms with Gasteiger partial charge in [0.2, 0.25) is 0 Å². The summed E-state index contributed by atoms with van der Waals surface area (Å²) in [5.41, 5.74) is 6.84. The molecule has 0 saturated heterocycles. The lowest BCUT2D eigenvalue weighted by atomic mass is 10.2. The number of hydrogen-bond donors (Lipinski definition) is 1. The van der Waals surface area contributed by atoms with Gasteiger partial charge in [-0.1, -0.05) is 0 Å². The monoisotopic (exact) mass is 140 g/mol. The second-order valence-corrected chi connectivity index (χ2v) is 2.07. The lowest BCUT2D eigenvalue weighted by molar-refractivity contribution is 0.495. The predicted molar refractivity (Wildman–Crippen MR) is 38.3 cm³/mol. The number of halogens is 1. The molecular weight excluding hydrogens is 131 g/mol. The number of anilines is 1. The summed E-state index contributed by atoms with van der Waals surface area (Å²) in [6.45, 7) is -0.356. The first-order valence-electron chi connectivity index (χ1n) is 3.08. The molecule has 1 heterocycles. The van der Waals surface area contributed by atoms with Crippen LogP contribution in [-0.4, -0.2) is 11.7 Å². The number of nitrogens with zero attached hydrogens (tertiary/aromatic N) is 1. The van der Waals surface area contributed by atoms with Crippen molar-refractivity contribution in [2.75, 3.05) is 12.4 Å². The van der Waals surface area contributed by atoms with Gasteiger partial charge in [-0.05, 0) is 11.6 Å². The molecule has 0 aliphatic heterocycles. The molecule has 0 aromatic carbocycles. The maximum absolute atomic E-state index is 11.7. The molecule has 0 saturated carbocycles. The number of pyridine rings is 1. The molecule has 3 heteroatoms. The Balaban J connectivity index is 2.75. The zero-order valence-corrected chi connectivity index (χ0v) is 5.55. The lowest BCUT2D eigenvalue weighted by Gasteiger charge is -1.96. The first-order chi connectivity index (χ1) is 4.83. The molecule has 10 heavy (non-hydrogen) atoms. The molecule has 0 amide bonds. The first-order valence-corrected chi connectivity index (χ1v) is 3.08. The van der Waals surface area contributed by atoms with E-state index in [0.717, 1.165) is 5.56 Å². The molecule has 0 unspecified atom stereocenters. The van der Waals surface area contributed by atoms with E-state index in [1.807, 2.05) is 0 Å². The summed E-state index contributed by atoms with van der Waals surface area (Å²) >= 11 is 0. The number of aromatic nitrogens is 1. The Labute approximate surface area is 58.9 Å². The van der Waals surface area contributed by atoms with Gasteiger partial charge in [0.1, 0.15) is 0 Å². The van der Waals surface area contributed by atoms with Crippen molar-refractivity contribution in [1.82, 2.24) is 4.98 Å². The molecule has 0 bridgehead atoms. The summed E-state index contributed by atoms with van der Waals surface area (Å²) in [6, 6.07) is 1.73. The standard InChI is InChI=1S/C7H9FN2/c8-2-1-6-3-7(9)5-10-4-6/h3-5H,1-2,9H2. The van der Waals surface area contributed by atoms with Crippen LogP contribution in [0.15, 0.2) is 18.5 Å². The zero-order chi connectivity index (χ0) is 7.40. The lowest BCUT2D eigenvalue weighted by Crippen LogP contribution is -1.91. The molecular formula is C7H9FN2. The molecule has 2 N–H and O–H groups in total. The third-order valence-corrected chi connectivity index (χ3v) is 1.20. The van der Waals surface area contributed by atoms with E-state index in [-0.39, 0.29) is 6.67 Å². The van der Waals surface area contributed by atoms with Crippen LogP contribution in [-0.2, 0) is 6.42 Å². The highest BCUT2D eigenvalue weighted by atomic mass is 19.1. The highest BCUT2D eigenvalue weighted by molar-refractivity contribution is 5.36. The Bertz CT molecular complexity index is 213. The van der Waals surface area contributed by atoms with E-state index in [9.17, 15) is 4.39 Å². The summed E-state index contributed by atoms with van der Waals surface area (Å²) < 4.78 is 11.7.